The maximum Gasteiger partial charge on any atom is 0.239 e. The van der Waals surface area contributed by atoms with Gasteiger partial charge in [0.2, 0.25) is 5.91 Å². The van der Waals surface area contributed by atoms with E-state index < -0.39 is 6.04 Å². The molecular weight excluding hydrogens is 291 g/mol. The summed E-state index contributed by atoms with van der Waals surface area (Å²) in [7, 11) is 1.50. The van der Waals surface area contributed by atoms with Crippen molar-refractivity contribution in [2.45, 2.75) is 12.1 Å². The Morgan fingerprint density at radius 1 is 1.68 bits per heavy atom. The zero-order valence-electron chi connectivity index (χ0n) is 10.4. The van der Waals surface area contributed by atoms with Gasteiger partial charge in [0.25, 0.3) is 0 Å². The Bertz CT molecular complexity index is 457. The van der Waals surface area contributed by atoms with Gasteiger partial charge in [0.1, 0.15) is 18.4 Å². The lowest BCUT2D eigenvalue weighted by atomic mass is 10.1. The molecule has 0 saturated carbocycles. The predicted octanol–water partition coefficient (Wildman–Crippen LogP) is 1.29. The molecule has 7 heteroatoms. The number of fused-ring (bicyclic) bond motifs is 1. The van der Waals surface area contributed by atoms with E-state index in [9.17, 15) is 4.79 Å². The lowest BCUT2D eigenvalue weighted by molar-refractivity contribution is -0.124. The second-order valence-electron chi connectivity index (χ2n) is 4.12. The van der Waals surface area contributed by atoms with Crippen molar-refractivity contribution in [1.82, 2.24) is 5.32 Å². The van der Waals surface area contributed by atoms with Crippen molar-refractivity contribution in [1.29, 1.82) is 0 Å². The van der Waals surface area contributed by atoms with Crippen LogP contribution in [-0.4, -0.2) is 32.3 Å². The number of benzene rings is 1. The SMILES string of the molecule is COCC(N)C(=O)NC1COc2ccc(Cl)cc21.Cl. The Morgan fingerprint density at radius 2 is 2.42 bits per heavy atom. The van der Waals surface area contributed by atoms with Gasteiger partial charge in [-0.1, -0.05) is 11.6 Å². The normalized spacial score (nSPS) is 17.9. The molecule has 19 heavy (non-hydrogen) atoms. The molecule has 0 aliphatic carbocycles. The summed E-state index contributed by atoms with van der Waals surface area (Å²) < 4.78 is 10.3. The minimum Gasteiger partial charge on any atom is -0.491 e. The molecule has 1 heterocycles. The molecule has 1 aromatic rings. The molecule has 3 N–H and O–H groups in total. The third-order valence-corrected chi connectivity index (χ3v) is 2.99. The highest BCUT2D eigenvalue weighted by Crippen LogP contribution is 2.34. The van der Waals surface area contributed by atoms with Crippen LogP contribution in [0.15, 0.2) is 18.2 Å². The van der Waals surface area contributed by atoms with Gasteiger partial charge in [-0.15, -0.1) is 12.4 Å². The molecule has 1 aliphatic rings. The zero-order valence-corrected chi connectivity index (χ0v) is 12.0. The summed E-state index contributed by atoms with van der Waals surface area (Å²) in [4.78, 5) is 11.8. The second-order valence-corrected chi connectivity index (χ2v) is 4.55. The number of nitrogens with one attached hydrogen (secondary N) is 1. The van der Waals surface area contributed by atoms with Crippen LogP contribution in [0.4, 0.5) is 0 Å². The molecule has 1 amide bonds. The smallest absolute Gasteiger partial charge is 0.239 e. The first-order valence-electron chi connectivity index (χ1n) is 5.59. The number of carbonyl (C=O) groups is 1. The summed E-state index contributed by atoms with van der Waals surface area (Å²) in [5.74, 6) is 0.475. The molecule has 0 spiro atoms. The molecule has 5 nitrogen and oxygen atoms in total. The first kappa shape index (κ1) is 16.0. The van der Waals surface area contributed by atoms with E-state index in [-0.39, 0.29) is 31.0 Å². The average molecular weight is 307 g/mol. The number of ether oxygens (including phenoxy) is 2. The quantitative estimate of drug-likeness (QED) is 0.879. The molecule has 0 fully saturated rings. The van der Waals surface area contributed by atoms with Crippen LogP contribution in [0.3, 0.4) is 0 Å². The largest absolute Gasteiger partial charge is 0.491 e. The highest BCUT2D eigenvalue weighted by molar-refractivity contribution is 6.30. The van der Waals surface area contributed by atoms with Gasteiger partial charge < -0.3 is 20.5 Å². The minimum atomic E-state index is -0.682. The number of amides is 1. The van der Waals surface area contributed by atoms with Crippen molar-refractivity contribution in [3.8, 4) is 5.75 Å². The van der Waals surface area contributed by atoms with E-state index in [2.05, 4.69) is 5.32 Å². The molecule has 0 saturated heterocycles. The van der Waals surface area contributed by atoms with Crippen LogP contribution in [0.2, 0.25) is 5.02 Å². The van der Waals surface area contributed by atoms with Gasteiger partial charge in [-0.3, -0.25) is 4.79 Å². The molecule has 1 aliphatic heterocycles. The van der Waals surface area contributed by atoms with Crippen molar-refractivity contribution in [2.75, 3.05) is 20.3 Å². The minimum absolute atomic E-state index is 0. The fourth-order valence-electron chi connectivity index (χ4n) is 1.84. The molecule has 0 radical (unpaired) electrons. The van der Waals surface area contributed by atoms with Crippen LogP contribution in [0.25, 0.3) is 0 Å². The van der Waals surface area contributed by atoms with Crippen LogP contribution in [0.5, 0.6) is 5.75 Å². The summed E-state index contributed by atoms with van der Waals surface area (Å²) >= 11 is 5.92. The summed E-state index contributed by atoms with van der Waals surface area (Å²) in [6, 6.07) is 4.43. The van der Waals surface area contributed by atoms with E-state index in [1.807, 2.05) is 0 Å². The Hall–Kier alpha value is -1.01. The van der Waals surface area contributed by atoms with Gasteiger partial charge in [-0.05, 0) is 18.2 Å². The van der Waals surface area contributed by atoms with Crippen LogP contribution >= 0.6 is 24.0 Å². The lowest BCUT2D eigenvalue weighted by Crippen LogP contribution is -2.45. The van der Waals surface area contributed by atoms with E-state index in [4.69, 9.17) is 26.8 Å². The average Bonchev–Trinajstić information content (AvgIpc) is 2.72. The number of carbonyl (C=O) groups excluding carboxylic acids is 1. The standard InChI is InChI=1S/C12H15ClN2O3.ClH/c1-17-5-9(14)12(16)15-10-6-18-11-3-2-7(13)4-8(10)11;/h2-4,9-10H,5-6,14H2,1H3,(H,15,16);1H. The second kappa shape index (κ2) is 6.96. The molecule has 106 valence electrons. The van der Waals surface area contributed by atoms with Crippen molar-refractivity contribution in [2.24, 2.45) is 5.73 Å². The number of nitrogens with two attached hydrogens (primary N) is 1. The zero-order chi connectivity index (χ0) is 13.1. The molecule has 2 unspecified atom stereocenters. The molecule has 2 rings (SSSR count). The third-order valence-electron chi connectivity index (χ3n) is 2.75. The van der Waals surface area contributed by atoms with Crippen LogP contribution in [0, 0.1) is 0 Å². The highest BCUT2D eigenvalue weighted by atomic mass is 35.5. The van der Waals surface area contributed by atoms with E-state index >= 15 is 0 Å². The third kappa shape index (κ3) is 3.73. The molecule has 2 atom stereocenters. The van der Waals surface area contributed by atoms with Gasteiger partial charge in [-0.25, -0.2) is 0 Å². The van der Waals surface area contributed by atoms with Crippen LogP contribution in [-0.2, 0) is 9.53 Å². The maximum absolute atomic E-state index is 11.8. The summed E-state index contributed by atoms with van der Waals surface area (Å²) in [6.07, 6.45) is 0. The predicted molar refractivity (Wildman–Crippen MR) is 74.9 cm³/mol. The Balaban J connectivity index is 0.00000180. The van der Waals surface area contributed by atoms with E-state index in [0.717, 1.165) is 11.3 Å². The number of rotatable bonds is 4. The van der Waals surface area contributed by atoms with Gasteiger partial charge in [0, 0.05) is 17.7 Å². The number of halogens is 2. The Kier molecular flexibility index (Phi) is 5.87. The first-order valence-corrected chi connectivity index (χ1v) is 5.96. The van der Waals surface area contributed by atoms with E-state index in [0.29, 0.717) is 11.6 Å². The van der Waals surface area contributed by atoms with E-state index in [1.54, 1.807) is 18.2 Å². The number of hydrogen-bond acceptors (Lipinski definition) is 4. The Labute approximate surface area is 122 Å². The van der Waals surface area contributed by atoms with Gasteiger partial charge in [-0.2, -0.15) is 0 Å². The summed E-state index contributed by atoms with van der Waals surface area (Å²) in [5, 5.41) is 3.43. The van der Waals surface area contributed by atoms with Gasteiger partial charge in [0.05, 0.1) is 12.6 Å². The molecular formula is C12H16Cl2N2O3. The summed E-state index contributed by atoms with van der Waals surface area (Å²) in [6.45, 7) is 0.572. The van der Waals surface area contributed by atoms with Crippen molar-refractivity contribution < 1.29 is 14.3 Å². The number of hydrogen-bond donors (Lipinski definition) is 2. The lowest BCUT2D eigenvalue weighted by Gasteiger charge is -2.15. The topological polar surface area (TPSA) is 73.6 Å². The highest BCUT2D eigenvalue weighted by Gasteiger charge is 2.27. The summed E-state index contributed by atoms with van der Waals surface area (Å²) in [5.41, 5.74) is 6.53. The first-order chi connectivity index (χ1) is 8.61. The fourth-order valence-corrected chi connectivity index (χ4v) is 2.02. The fraction of sp³-hybridized carbons (Fsp3) is 0.417. The van der Waals surface area contributed by atoms with E-state index in [1.165, 1.54) is 7.11 Å². The van der Waals surface area contributed by atoms with Gasteiger partial charge in [0.15, 0.2) is 0 Å². The van der Waals surface area contributed by atoms with Crippen molar-refractivity contribution >= 4 is 29.9 Å². The number of methoxy groups -OCH3 is 1. The van der Waals surface area contributed by atoms with Crippen molar-refractivity contribution in [3.63, 3.8) is 0 Å². The van der Waals surface area contributed by atoms with Gasteiger partial charge >= 0.3 is 0 Å². The molecule has 1 aromatic carbocycles. The monoisotopic (exact) mass is 306 g/mol. The molecule has 0 aromatic heterocycles. The maximum atomic E-state index is 11.8. The Morgan fingerprint density at radius 3 is 3.11 bits per heavy atom. The van der Waals surface area contributed by atoms with Crippen molar-refractivity contribution in [3.05, 3.63) is 28.8 Å². The molecule has 0 bridgehead atoms. The van der Waals surface area contributed by atoms with Crippen LogP contribution < -0.4 is 15.8 Å². The van der Waals surface area contributed by atoms with Crippen LogP contribution in [0.1, 0.15) is 11.6 Å².